The summed E-state index contributed by atoms with van der Waals surface area (Å²) < 4.78 is 0. The Kier molecular flexibility index (Phi) is 3.65. The number of piperazine rings is 1. The fraction of sp³-hybridized carbons (Fsp3) is 0.700. The van der Waals surface area contributed by atoms with E-state index in [2.05, 4.69) is 0 Å². The Balaban J connectivity index is 2.03. The number of nitrogens with zero attached hydrogens (tertiary/aromatic N) is 3. The van der Waals surface area contributed by atoms with Crippen molar-refractivity contribution in [3.63, 3.8) is 0 Å². The normalized spacial score (nSPS) is 24.6. The molecule has 3 amide bonds. The first-order chi connectivity index (χ1) is 8.50. The molecule has 2 saturated heterocycles. The van der Waals surface area contributed by atoms with Gasteiger partial charge in [0.05, 0.1) is 5.88 Å². The Morgan fingerprint density at radius 2 is 2.11 bits per heavy atom. The molecule has 2 aliphatic rings. The zero-order valence-corrected chi connectivity index (χ0v) is 10.9. The van der Waals surface area contributed by atoms with Crippen molar-refractivity contribution in [2.24, 2.45) is 0 Å². The Morgan fingerprint density at radius 3 is 2.72 bits per heavy atom. The average molecular weight is 273 g/mol. The Labute approximate surface area is 109 Å². The second-order valence-electron chi connectivity index (χ2n) is 4.34. The Hall–Kier alpha value is -1.44. The lowest BCUT2D eigenvalue weighted by molar-refractivity contribution is -0.141. The van der Waals surface area contributed by atoms with Gasteiger partial charge < -0.3 is 19.8 Å². The van der Waals surface area contributed by atoms with E-state index < -0.39 is 12.0 Å². The SMILES string of the molecule is CN1CCN(C(=O)N2CSC[C@H]2C(=O)O)CC1=O. The largest absolute Gasteiger partial charge is 0.480 e. The molecule has 1 N–H and O–H groups in total. The molecule has 100 valence electrons. The van der Waals surface area contributed by atoms with Crippen LogP contribution in [0.5, 0.6) is 0 Å². The van der Waals surface area contributed by atoms with Crippen LogP contribution in [0.1, 0.15) is 0 Å². The van der Waals surface area contributed by atoms with Gasteiger partial charge in [0.1, 0.15) is 12.6 Å². The number of urea groups is 1. The highest BCUT2D eigenvalue weighted by atomic mass is 32.2. The molecular weight excluding hydrogens is 258 g/mol. The maximum absolute atomic E-state index is 12.2. The number of aliphatic carboxylic acids is 1. The van der Waals surface area contributed by atoms with Gasteiger partial charge >= 0.3 is 12.0 Å². The molecule has 2 heterocycles. The average Bonchev–Trinajstić information content (AvgIpc) is 2.81. The zero-order valence-electron chi connectivity index (χ0n) is 10.0. The highest BCUT2D eigenvalue weighted by molar-refractivity contribution is 7.99. The standard InChI is InChI=1S/C10H15N3O4S/c1-11-2-3-12(4-8(11)14)10(17)13-6-18-5-7(13)9(15)16/h7H,2-6H2,1H3,(H,15,16)/t7-/m0/s1. The van der Waals surface area contributed by atoms with Crippen molar-refractivity contribution in [1.82, 2.24) is 14.7 Å². The van der Waals surface area contributed by atoms with E-state index in [0.717, 1.165) is 0 Å². The molecule has 18 heavy (non-hydrogen) atoms. The first kappa shape index (κ1) is 13.0. The lowest BCUT2D eigenvalue weighted by atomic mass is 10.3. The summed E-state index contributed by atoms with van der Waals surface area (Å²) in [4.78, 5) is 39.0. The molecule has 0 saturated carbocycles. The predicted octanol–water partition coefficient (Wildman–Crippen LogP) is -0.660. The molecule has 0 spiro atoms. The summed E-state index contributed by atoms with van der Waals surface area (Å²) >= 11 is 1.41. The highest BCUT2D eigenvalue weighted by Crippen LogP contribution is 2.23. The minimum atomic E-state index is -0.992. The molecule has 0 aromatic carbocycles. The number of rotatable bonds is 1. The smallest absolute Gasteiger partial charge is 0.327 e. The Bertz CT molecular complexity index is 389. The summed E-state index contributed by atoms with van der Waals surface area (Å²) in [5, 5.41) is 9.02. The van der Waals surface area contributed by atoms with E-state index in [0.29, 0.717) is 24.7 Å². The number of carbonyl (C=O) groups is 3. The van der Waals surface area contributed by atoms with Crippen LogP contribution in [-0.2, 0) is 9.59 Å². The maximum atomic E-state index is 12.2. The van der Waals surface area contributed by atoms with E-state index >= 15 is 0 Å². The van der Waals surface area contributed by atoms with E-state index in [1.54, 1.807) is 11.9 Å². The third-order valence-electron chi connectivity index (χ3n) is 3.14. The summed E-state index contributed by atoms with van der Waals surface area (Å²) in [6.07, 6.45) is 0. The molecule has 0 bridgehead atoms. The summed E-state index contributed by atoms with van der Waals surface area (Å²) in [6, 6.07) is -1.13. The van der Waals surface area contributed by atoms with Crippen molar-refractivity contribution in [3.8, 4) is 0 Å². The second kappa shape index (κ2) is 5.05. The van der Waals surface area contributed by atoms with Gasteiger partial charge in [-0.3, -0.25) is 4.79 Å². The first-order valence-electron chi connectivity index (χ1n) is 5.60. The van der Waals surface area contributed by atoms with Gasteiger partial charge in [-0.1, -0.05) is 0 Å². The van der Waals surface area contributed by atoms with Crippen LogP contribution in [0.3, 0.4) is 0 Å². The molecule has 8 heteroatoms. The van der Waals surface area contributed by atoms with Gasteiger partial charge in [-0.05, 0) is 0 Å². The van der Waals surface area contributed by atoms with E-state index in [4.69, 9.17) is 5.11 Å². The van der Waals surface area contributed by atoms with E-state index in [-0.39, 0.29) is 18.5 Å². The van der Waals surface area contributed by atoms with Crippen LogP contribution < -0.4 is 0 Å². The summed E-state index contributed by atoms with van der Waals surface area (Å²) in [7, 11) is 1.69. The van der Waals surface area contributed by atoms with Gasteiger partial charge in [-0.2, -0.15) is 0 Å². The molecule has 1 atom stereocenters. The van der Waals surface area contributed by atoms with Gasteiger partial charge in [0, 0.05) is 25.9 Å². The molecule has 0 aromatic heterocycles. The number of hydrogen-bond donors (Lipinski definition) is 1. The molecule has 2 rings (SSSR count). The fourth-order valence-electron chi connectivity index (χ4n) is 1.94. The Morgan fingerprint density at radius 1 is 1.39 bits per heavy atom. The van der Waals surface area contributed by atoms with Gasteiger partial charge in [-0.15, -0.1) is 11.8 Å². The lowest BCUT2D eigenvalue weighted by Gasteiger charge is -2.35. The van der Waals surface area contributed by atoms with Gasteiger partial charge in [0.15, 0.2) is 0 Å². The van der Waals surface area contributed by atoms with Crippen molar-refractivity contribution < 1.29 is 19.5 Å². The molecular formula is C10H15N3O4S. The van der Waals surface area contributed by atoms with Crippen LogP contribution in [0.25, 0.3) is 0 Å². The van der Waals surface area contributed by atoms with Crippen LogP contribution in [0.15, 0.2) is 0 Å². The molecule has 0 aliphatic carbocycles. The van der Waals surface area contributed by atoms with Crippen molar-refractivity contribution in [2.75, 3.05) is 38.3 Å². The lowest BCUT2D eigenvalue weighted by Crippen LogP contribution is -2.56. The van der Waals surface area contributed by atoms with Gasteiger partial charge in [-0.25, -0.2) is 9.59 Å². The molecule has 0 unspecified atom stereocenters. The van der Waals surface area contributed by atoms with Crippen molar-refractivity contribution in [2.45, 2.75) is 6.04 Å². The van der Waals surface area contributed by atoms with Crippen molar-refractivity contribution >= 4 is 29.7 Å². The number of likely N-dealkylation sites (N-methyl/N-ethyl adjacent to an activating group) is 1. The molecule has 0 aromatic rings. The van der Waals surface area contributed by atoms with Gasteiger partial charge in [0.25, 0.3) is 0 Å². The molecule has 2 fully saturated rings. The van der Waals surface area contributed by atoms with Crippen LogP contribution in [0.4, 0.5) is 4.79 Å². The number of amides is 3. The van der Waals surface area contributed by atoms with Crippen molar-refractivity contribution in [3.05, 3.63) is 0 Å². The number of hydrogen-bond acceptors (Lipinski definition) is 4. The first-order valence-corrected chi connectivity index (χ1v) is 6.76. The predicted molar refractivity (Wildman–Crippen MR) is 65.2 cm³/mol. The van der Waals surface area contributed by atoms with Crippen LogP contribution in [0, 0.1) is 0 Å². The quantitative estimate of drug-likeness (QED) is 0.686. The number of thioether (sulfide) groups is 1. The van der Waals surface area contributed by atoms with Gasteiger partial charge in [0.2, 0.25) is 5.91 Å². The third-order valence-corrected chi connectivity index (χ3v) is 4.15. The van der Waals surface area contributed by atoms with Crippen LogP contribution in [-0.4, -0.2) is 82.1 Å². The fourth-order valence-corrected chi connectivity index (χ4v) is 3.08. The van der Waals surface area contributed by atoms with E-state index in [1.807, 2.05) is 0 Å². The molecule has 2 aliphatic heterocycles. The number of carboxylic acids is 1. The summed E-state index contributed by atoms with van der Waals surface area (Å²) in [5.74, 6) is -0.332. The second-order valence-corrected chi connectivity index (χ2v) is 5.34. The molecule has 0 radical (unpaired) electrons. The molecule has 7 nitrogen and oxygen atoms in total. The van der Waals surface area contributed by atoms with E-state index in [1.165, 1.54) is 21.6 Å². The maximum Gasteiger partial charge on any atom is 0.327 e. The van der Waals surface area contributed by atoms with E-state index in [9.17, 15) is 14.4 Å². The minimum Gasteiger partial charge on any atom is -0.480 e. The highest BCUT2D eigenvalue weighted by Gasteiger charge is 2.38. The third kappa shape index (κ3) is 2.38. The zero-order chi connectivity index (χ0) is 13.3. The van der Waals surface area contributed by atoms with Crippen molar-refractivity contribution in [1.29, 1.82) is 0 Å². The van der Waals surface area contributed by atoms with Crippen LogP contribution in [0.2, 0.25) is 0 Å². The monoisotopic (exact) mass is 273 g/mol. The number of carbonyl (C=O) groups excluding carboxylic acids is 2. The number of carboxylic acid groups (broad SMARTS) is 1. The minimum absolute atomic E-state index is 0.0306. The summed E-state index contributed by atoms with van der Waals surface area (Å²) in [5.41, 5.74) is 0. The van der Waals surface area contributed by atoms with Crippen LogP contribution >= 0.6 is 11.8 Å². The summed E-state index contributed by atoms with van der Waals surface area (Å²) in [6.45, 7) is 0.973. The topological polar surface area (TPSA) is 81.2 Å².